The molecule has 3 rings (SSSR count). The minimum absolute atomic E-state index is 0.107. The Hall–Kier alpha value is -2.38. The fraction of sp³-hybridized carbons (Fsp3) is 0.222. The molecule has 0 spiro atoms. The molecule has 0 radical (unpaired) electrons. The molecule has 7 heteroatoms. The van der Waals surface area contributed by atoms with E-state index in [0.29, 0.717) is 34.3 Å². The van der Waals surface area contributed by atoms with E-state index in [1.165, 1.54) is 12.1 Å². The van der Waals surface area contributed by atoms with Crippen LogP contribution in [0, 0.1) is 5.82 Å². The Kier molecular flexibility index (Phi) is 4.53. The largest absolute Gasteiger partial charge is 0.388 e. The third kappa shape index (κ3) is 3.38. The quantitative estimate of drug-likeness (QED) is 0.772. The van der Waals surface area contributed by atoms with Crippen molar-refractivity contribution >= 4 is 20.9 Å². The molecule has 0 aliphatic heterocycles. The summed E-state index contributed by atoms with van der Waals surface area (Å²) in [6, 6.07) is 9.30. The predicted molar refractivity (Wildman–Crippen MR) is 93.3 cm³/mol. The van der Waals surface area contributed by atoms with Crippen molar-refractivity contribution in [2.45, 2.75) is 24.3 Å². The van der Waals surface area contributed by atoms with Crippen molar-refractivity contribution in [3.05, 3.63) is 54.0 Å². The fourth-order valence-corrected chi connectivity index (χ4v) is 3.61. The molecule has 0 saturated carbocycles. The minimum Gasteiger partial charge on any atom is -0.388 e. The molecule has 0 aliphatic rings. The lowest BCUT2D eigenvalue weighted by atomic mass is 9.99. The van der Waals surface area contributed by atoms with Crippen LogP contribution in [0.25, 0.3) is 22.3 Å². The predicted octanol–water partition coefficient (Wildman–Crippen LogP) is 3.28. The maximum atomic E-state index is 13.5. The van der Waals surface area contributed by atoms with Crippen molar-refractivity contribution in [1.29, 1.82) is 0 Å². The average Bonchev–Trinajstić information content (AvgIpc) is 2.59. The van der Waals surface area contributed by atoms with Crippen molar-refractivity contribution in [3.63, 3.8) is 0 Å². The van der Waals surface area contributed by atoms with Crippen LogP contribution >= 0.6 is 0 Å². The van der Waals surface area contributed by atoms with Crippen LogP contribution in [0.3, 0.4) is 0 Å². The number of halogens is 1. The topological polar surface area (TPSA) is 80.2 Å². The molecule has 25 heavy (non-hydrogen) atoms. The number of aliphatic hydroxyl groups is 1. The second-order valence-corrected chi connectivity index (χ2v) is 7.79. The number of aromatic nitrogens is 2. The summed E-state index contributed by atoms with van der Waals surface area (Å²) in [5, 5.41) is 10.4. The van der Waals surface area contributed by atoms with Crippen molar-refractivity contribution in [3.8, 4) is 11.3 Å². The Labute approximate surface area is 145 Å². The second kappa shape index (κ2) is 6.50. The van der Waals surface area contributed by atoms with Gasteiger partial charge in [-0.1, -0.05) is 25.1 Å². The smallest absolute Gasteiger partial charge is 0.176 e. The van der Waals surface area contributed by atoms with Gasteiger partial charge in [0.05, 0.1) is 33.9 Å². The summed E-state index contributed by atoms with van der Waals surface area (Å²) in [5.41, 5.74) is 1.88. The summed E-state index contributed by atoms with van der Waals surface area (Å²) in [7, 11) is -3.50. The number of benzene rings is 1. The van der Waals surface area contributed by atoms with E-state index in [2.05, 4.69) is 9.97 Å². The summed E-state index contributed by atoms with van der Waals surface area (Å²) in [6.45, 7) is 1.80. The third-order valence-corrected chi connectivity index (χ3v) is 5.10. The molecule has 1 aromatic carbocycles. The SMILES string of the molecule is CCC(O)c1cc2ncc(F)cc2nc1-c1ccccc1S(C)(=O)=O. The zero-order chi connectivity index (χ0) is 18.2. The molecule has 1 atom stereocenters. The highest BCUT2D eigenvalue weighted by molar-refractivity contribution is 7.90. The molecular formula is C18H17FN2O3S. The van der Waals surface area contributed by atoms with Crippen LogP contribution in [0.4, 0.5) is 4.39 Å². The highest BCUT2D eigenvalue weighted by Crippen LogP contribution is 2.34. The molecule has 1 unspecified atom stereocenters. The molecule has 2 heterocycles. The highest BCUT2D eigenvalue weighted by atomic mass is 32.2. The van der Waals surface area contributed by atoms with Gasteiger partial charge in [0.2, 0.25) is 0 Å². The van der Waals surface area contributed by atoms with Crippen LogP contribution < -0.4 is 0 Å². The summed E-state index contributed by atoms with van der Waals surface area (Å²) in [4.78, 5) is 8.53. The fourth-order valence-electron chi connectivity index (χ4n) is 2.72. The van der Waals surface area contributed by atoms with Gasteiger partial charge < -0.3 is 5.11 Å². The maximum Gasteiger partial charge on any atom is 0.176 e. The van der Waals surface area contributed by atoms with Gasteiger partial charge in [-0.3, -0.25) is 4.98 Å². The lowest BCUT2D eigenvalue weighted by molar-refractivity contribution is 0.174. The van der Waals surface area contributed by atoms with Gasteiger partial charge in [-0.15, -0.1) is 0 Å². The van der Waals surface area contributed by atoms with Gasteiger partial charge in [0.1, 0.15) is 5.82 Å². The summed E-state index contributed by atoms with van der Waals surface area (Å²) in [6.07, 6.45) is 1.77. The number of pyridine rings is 2. The maximum absolute atomic E-state index is 13.5. The Balaban J connectivity index is 2.39. The van der Waals surface area contributed by atoms with Gasteiger partial charge in [0.25, 0.3) is 0 Å². The zero-order valence-electron chi connectivity index (χ0n) is 13.8. The minimum atomic E-state index is -3.50. The van der Waals surface area contributed by atoms with Gasteiger partial charge in [-0.05, 0) is 18.6 Å². The summed E-state index contributed by atoms with van der Waals surface area (Å²) in [5.74, 6) is -0.536. The molecule has 5 nitrogen and oxygen atoms in total. The molecule has 0 fully saturated rings. The van der Waals surface area contributed by atoms with Crippen LogP contribution in [0.5, 0.6) is 0 Å². The van der Waals surface area contributed by atoms with Crippen LogP contribution in [-0.4, -0.2) is 29.7 Å². The first-order chi connectivity index (χ1) is 11.8. The van der Waals surface area contributed by atoms with E-state index in [0.717, 1.165) is 12.5 Å². The normalized spacial score (nSPS) is 13.1. The molecule has 0 aliphatic carbocycles. The van der Waals surface area contributed by atoms with E-state index >= 15 is 0 Å². The number of aliphatic hydroxyl groups excluding tert-OH is 1. The summed E-state index contributed by atoms with van der Waals surface area (Å²) >= 11 is 0. The number of hydrogen-bond donors (Lipinski definition) is 1. The Morgan fingerprint density at radius 1 is 1.20 bits per heavy atom. The van der Waals surface area contributed by atoms with Crippen molar-refractivity contribution in [2.75, 3.05) is 6.26 Å². The van der Waals surface area contributed by atoms with Crippen molar-refractivity contribution in [1.82, 2.24) is 9.97 Å². The number of fused-ring (bicyclic) bond motifs is 1. The van der Waals surface area contributed by atoms with Crippen molar-refractivity contribution < 1.29 is 17.9 Å². The lowest BCUT2D eigenvalue weighted by Crippen LogP contribution is -2.06. The van der Waals surface area contributed by atoms with Crippen molar-refractivity contribution in [2.24, 2.45) is 0 Å². The monoisotopic (exact) mass is 360 g/mol. The molecule has 130 valence electrons. The van der Waals surface area contributed by atoms with Gasteiger partial charge >= 0.3 is 0 Å². The summed E-state index contributed by atoms with van der Waals surface area (Å²) < 4.78 is 37.8. The molecule has 3 aromatic rings. The Morgan fingerprint density at radius 3 is 2.60 bits per heavy atom. The molecular weight excluding hydrogens is 343 g/mol. The molecule has 1 N–H and O–H groups in total. The van der Waals surface area contributed by atoms with Gasteiger partial charge in [0, 0.05) is 23.4 Å². The van der Waals surface area contributed by atoms with Crippen LogP contribution in [0.15, 0.2) is 47.5 Å². The first-order valence-corrected chi connectivity index (χ1v) is 9.64. The highest BCUT2D eigenvalue weighted by Gasteiger charge is 2.21. The molecule has 0 amide bonds. The van der Waals surface area contributed by atoms with Gasteiger partial charge in [0.15, 0.2) is 9.84 Å². The molecule has 0 bridgehead atoms. The lowest BCUT2D eigenvalue weighted by Gasteiger charge is -2.16. The Morgan fingerprint density at radius 2 is 1.92 bits per heavy atom. The second-order valence-electron chi connectivity index (χ2n) is 5.81. The van der Waals surface area contributed by atoms with E-state index < -0.39 is 21.8 Å². The zero-order valence-corrected chi connectivity index (χ0v) is 14.6. The van der Waals surface area contributed by atoms with E-state index in [1.54, 1.807) is 31.2 Å². The van der Waals surface area contributed by atoms with Crippen LogP contribution in [-0.2, 0) is 9.84 Å². The standard InChI is InChI=1S/C18H17FN2O3S/c1-3-16(22)13-9-14-15(8-11(19)10-20-14)21-18(13)12-6-4-5-7-17(12)25(2,23)24/h4-10,16,22H,3H2,1-2H3. The average molecular weight is 360 g/mol. The van der Waals surface area contributed by atoms with E-state index in [-0.39, 0.29) is 4.90 Å². The molecule has 2 aromatic heterocycles. The first-order valence-electron chi connectivity index (χ1n) is 7.75. The molecule has 0 saturated heterocycles. The Bertz CT molecular complexity index is 1050. The van der Waals surface area contributed by atoms with Gasteiger partial charge in [-0.2, -0.15) is 0 Å². The number of nitrogens with zero attached hydrogens (tertiary/aromatic N) is 2. The van der Waals surface area contributed by atoms with Gasteiger partial charge in [-0.25, -0.2) is 17.8 Å². The third-order valence-electron chi connectivity index (χ3n) is 3.95. The number of hydrogen-bond acceptors (Lipinski definition) is 5. The van der Waals surface area contributed by atoms with Crippen LogP contribution in [0.2, 0.25) is 0 Å². The van der Waals surface area contributed by atoms with E-state index in [1.807, 2.05) is 0 Å². The van der Waals surface area contributed by atoms with Crippen LogP contribution in [0.1, 0.15) is 25.0 Å². The van der Waals surface area contributed by atoms with E-state index in [9.17, 15) is 17.9 Å². The number of sulfone groups is 1. The number of rotatable bonds is 4. The first kappa shape index (κ1) is 17.4. The van der Waals surface area contributed by atoms with E-state index in [4.69, 9.17) is 0 Å².